The second-order valence-corrected chi connectivity index (χ2v) is 6.70. The van der Waals surface area contributed by atoms with E-state index in [1.807, 2.05) is 6.92 Å². The lowest BCUT2D eigenvalue weighted by molar-refractivity contribution is -0.145. The second-order valence-electron chi connectivity index (χ2n) is 5.10. The molecule has 3 nitrogen and oxygen atoms in total. The van der Waals surface area contributed by atoms with Crippen molar-refractivity contribution in [2.24, 2.45) is 17.8 Å². The Morgan fingerprint density at radius 1 is 1.53 bits per heavy atom. The molecule has 0 spiro atoms. The molecule has 4 heteroatoms. The summed E-state index contributed by atoms with van der Waals surface area (Å²) in [5.74, 6) is -0.0493. The van der Waals surface area contributed by atoms with Gasteiger partial charge in [-0.05, 0) is 12.3 Å². The first-order valence-electron chi connectivity index (χ1n) is 6.48. The van der Waals surface area contributed by atoms with Crippen molar-refractivity contribution in [2.45, 2.75) is 50.1 Å². The van der Waals surface area contributed by atoms with Gasteiger partial charge in [0, 0.05) is 16.4 Å². The summed E-state index contributed by atoms with van der Waals surface area (Å²) in [5, 5.41) is 9.19. The highest BCUT2D eigenvalue weighted by Gasteiger charge is 2.46. The second kappa shape index (κ2) is 6.92. The van der Waals surface area contributed by atoms with Gasteiger partial charge in [0.2, 0.25) is 0 Å². The van der Waals surface area contributed by atoms with Gasteiger partial charge in [-0.1, -0.05) is 56.2 Å². The average molecular weight is 354 g/mol. The first-order valence-corrected chi connectivity index (χ1v) is 7.72. The van der Waals surface area contributed by atoms with Crippen molar-refractivity contribution >= 4 is 28.6 Å². The predicted octanol–water partition coefficient (Wildman–Crippen LogP) is 2.79. The van der Waals surface area contributed by atoms with Crippen LogP contribution in [0.1, 0.15) is 40.0 Å². The van der Waals surface area contributed by atoms with E-state index < -0.39 is 0 Å². The number of carbonyl (C=O) groups is 1. The topological polar surface area (TPSA) is 46.5 Å². The lowest BCUT2D eigenvalue weighted by Gasteiger charge is -2.23. The van der Waals surface area contributed by atoms with Crippen molar-refractivity contribution in [2.75, 3.05) is 6.61 Å². The molecule has 5 atom stereocenters. The predicted molar refractivity (Wildman–Crippen MR) is 76.1 cm³/mol. The normalized spacial score (nSPS) is 32.3. The summed E-state index contributed by atoms with van der Waals surface area (Å²) in [7, 11) is 0. The minimum Gasteiger partial charge on any atom is -0.461 e. The van der Waals surface area contributed by atoms with Crippen LogP contribution in [0, 0.1) is 17.8 Å². The van der Waals surface area contributed by atoms with Gasteiger partial charge < -0.3 is 9.84 Å². The van der Waals surface area contributed by atoms with Gasteiger partial charge in [0.25, 0.3) is 0 Å². The molecular formula is C13H23IO3. The molecule has 0 saturated carbocycles. The molecule has 0 bridgehead atoms. The quantitative estimate of drug-likeness (QED) is 0.453. The van der Waals surface area contributed by atoms with Crippen LogP contribution in [-0.2, 0) is 9.53 Å². The largest absolute Gasteiger partial charge is 0.461 e. The van der Waals surface area contributed by atoms with Crippen molar-refractivity contribution < 1.29 is 14.6 Å². The number of carbonyl (C=O) groups excluding carboxylic acids is 1. The van der Waals surface area contributed by atoms with E-state index >= 15 is 0 Å². The monoisotopic (exact) mass is 354 g/mol. The summed E-state index contributed by atoms with van der Waals surface area (Å²) in [5.41, 5.74) is 0. The number of rotatable bonds is 6. The Bertz CT molecular complexity index is 257. The van der Waals surface area contributed by atoms with Gasteiger partial charge in [-0.3, -0.25) is 4.79 Å². The summed E-state index contributed by atoms with van der Waals surface area (Å²) in [4.78, 5) is 11.8. The number of aliphatic hydroxyl groups excluding tert-OH is 1. The van der Waals surface area contributed by atoms with Crippen molar-refractivity contribution in [1.29, 1.82) is 0 Å². The Hall–Kier alpha value is 0.160. The van der Waals surface area contributed by atoms with Crippen LogP contribution in [0.25, 0.3) is 0 Å². The molecule has 0 aromatic rings. The van der Waals surface area contributed by atoms with E-state index in [9.17, 15) is 9.90 Å². The number of ether oxygens (including phenoxy) is 1. The number of hydrogen-bond donors (Lipinski definition) is 1. The standard InChI is InChI=1S/C13H23IO3/c1-4-5-6-10(14)12-9(3)11(8(2)7-15)13(16)17-12/h8-12,15H,4-7H2,1-3H3/t8-,9+,10-,11-,12-/m0/s1. The van der Waals surface area contributed by atoms with Crippen molar-refractivity contribution in [3.8, 4) is 0 Å². The fraction of sp³-hybridized carbons (Fsp3) is 0.923. The molecule has 0 radical (unpaired) electrons. The smallest absolute Gasteiger partial charge is 0.310 e. The molecule has 1 aliphatic heterocycles. The highest BCUT2D eigenvalue weighted by Crippen LogP contribution is 2.38. The number of hydrogen-bond acceptors (Lipinski definition) is 3. The van der Waals surface area contributed by atoms with Crippen LogP contribution in [0.3, 0.4) is 0 Å². The van der Waals surface area contributed by atoms with Crippen LogP contribution in [-0.4, -0.2) is 27.7 Å². The third-order valence-corrected chi connectivity index (χ3v) is 5.03. The number of alkyl halides is 1. The maximum Gasteiger partial charge on any atom is 0.310 e. The van der Waals surface area contributed by atoms with E-state index in [4.69, 9.17) is 4.74 Å². The van der Waals surface area contributed by atoms with Gasteiger partial charge >= 0.3 is 5.97 Å². The van der Waals surface area contributed by atoms with E-state index in [0.29, 0.717) is 3.92 Å². The zero-order valence-corrected chi connectivity index (χ0v) is 13.0. The van der Waals surface area contributed by atoms with E-state index in [0.717, 1.165) is 6.42 Å². The van der Waals surface area contributed by atoms with Crippen LogP contribution in [0.2, 0.25) is 0 Å². The molecule has 1 heterocycles. The van der Waals surface area contributed by atoms with E-state index in [1.54, 1.807) is 0 Å². The molecule has 1 N–H and O–H groups in total. The van der Waals surface area contributed by atoms with Crippen LogP contribution >= 0.6 is 22.6 Å². The van der Waals surface area contributed by atoms with Gasteiger partial charge in [0.1, 0.15) is 6.10 Å². The zero-order valence-electron chi connectivity index (χ0n) is 10.9. The Morgan fingerprint density at radius 2 is 2.18 bits per heavy atom. The maximum atomic E-state index is 11.8. The van der Waals surface area contributed by atoms with Gasteiger partial charge in [0.05, 0.1) is 5.92 Å². The fourth-order valence-electron chi connectivity index (χ4n) is 2.57. The van der Waals surface area contributed by atoms with Crippen molar-refractivity contribution in [3.05, 3.63) is 0 Å². The SMILES string of the molecule is CCCC[C@H](I)[C@H]1OC(=O)[C@@H]([C@@H](C)CO)[C@H]1C. The van der Waals surface area contributed by atoms with Crippen molar-refractivity contribution in [3.63, 3.8) is 0 Å². The number of halogens is 1. The summed E-state index contributed by atoms with van der Waals surface area (Å²) in [6.45, 7) is 6.21. The molecule has 0 amide bonds. The van der Waals surface area contributed by atoms with Crippen LogP contribution in [0.4, 0.5) is 0 Å². The zero-order chi connectivity index (χ0) is 13.0. The number of cyclic esters (lactones) is 1. The number of aliphatic hydroxyl groups is 1. The Balaban J connectivity index is 2.63. The molecule has 1 saturated heterocycles. The molecular weight excluding hydrogens is 331 g/mol. The number of unbranched alkanes of at least 4 members (excludes halogenated alkanes) is 1. The van der Waals surface area contributed by atoms with Crippen LogP contribution < -0.4 is 0 Å². The van der Waals surface area contributed by atoms with Gasteiger partial charge in [0.15, 0.2) is 0 Å². The third kappa shape index (κ3) is 3.56. The average Bonchev–Trinajstić information content (AvgIpc) is 2.61. The first kappa shape index (κ1) is 15.2. The Kier molecular flexibility index (Phi) is 6.20. The van der Waals surface area contributed by atoms with Gasteiger partial charge in [-0.25, -0.2) is 0 Å². The van der Waals surface area contributed by atoms with Crippen molar-refractivity contribution in [1.82, 2.24) is 0 Å². The van der Waals surface area contributed by atoms with Crippen LogP contribution in [0.15, 0.2) is 0 Å². The molecule has 0 aromatic carbocycles. The molecule has 1 rings (SSSR count). The Morgan fingerprint density at radius 3 is 2.71 bits per heavy atom. The molecule has 0 unspecified atom stereocenters. The van der Waals surface area contributed by atoms with E-state index in [2.05, 4.69) is 36.4 Å². The summed E-state index contributed by atoms with van der Waals surface area (Å²) < 4.78 is 5.90. The third-order valence-electron chi connectivity index (χ3n) is 3.70. The molecule has 1 fully saturated rings. The van der Waals surface area contributed by atoms with E-state index in [-0.39, 0.29) is 36.4 Å². The fourth-order valence-corrected chi connectivity index (χ4v) is 3.81. The summed E-state index contributed by atoms with van der Waals surface area (Å²) in [6.07, 6.45) is 3.47. The first-order chi connectivity index (χ1) is 8.02. The molecule has 0 aliphatic carbocycles. The molecule has 0 aromatic heterocycles. The molecule has 1 aliphatic rings. The minimum absolute atomic E-state index is 0.00252. The summed E-state index contributed by atoms with van der Waals surface area (Å²) >= 11 is 2.40. The Labute approximate surface area is 117 Å². The summed E-state index contributed by atoms with van der Waals surface area (Å²) in [6, 6.07) is 0. The molecule has 17 heavy (non-hydrogen) atoms. The van der Waals surface area contributed by atoms with Gasteiger partial charge in [-0.2, -0.15) is 0 Å². The van der Waals surface area contributed by atoms with Crippen LogP contribution in [0.5, 0.6) is 0 Å². The van der Waals surface area contributed by atoms with Gasteiger partial charge in [-0.15, -0.1) is 0 Å². The highest BCUT2D eigenvalue weighted by atomic mass is 127. The lowest BCUT2D eigenvalue weighted by atomic mass is 9.82. The van der Waals surface area contributed by atoms with E-state index in [1.165, 1.54) is 12.8 Å². The lowest BCUT2D eigenvalue weighted by Crippen LogP contribution is -2.30. The number of esters is 1. The maximum absolute atomic E-state index is 11.8. The molecule has 100 valence electrons. The highest BCUT2D eigenvalue weighted by molar-refractivity contribution is 14.1. The minimum atomic E-state index is -0.135.